The van der Waals surface area contributed by atoms with Crippen LogP contribution in [0.1, 0.15) is 10.5 Å². The lowest BCUT2D eigenvalue weighted by atomic mass is 10.1. The van der Waals surface area contributed by atoms with Gasteiger partial charge in [-0.3, -0.25) is 10.1 Å². The molecule has 2 aromatic carbocycles. The molecule has 1 N–H and O–H groups in total. The van der Waals surface area contributed by atoms with Crippen molar-refractivity contribution in [3.8, 4) is 11.4 Å². The fourth-order valence-corrected chi connectivity index (χ4v) is 3.27. The van der Waals surface area contributed by atoms with E-state index in [1.54, 1.807) is 18.2 Å². The van der Waals surface area contributed by atoms with Crippen molar-refractivity contribution < 1.29 is 9.18 Å². The summed E-state index contributed by atoms with van der Waals surface area (Å²) >= 11 is 7.19. The Kier molecular flexibility index (Phi) is 4.32. The van der Waals surface area contributed by atoms with Crippen molar-refractivity contribution >= 4 is 44.9 Å². The Bertz CT molecular complexity index is 1110. The van der Waals surface area contributed by atoms with Gasteiger partial charge in [-0.25, -0.2) is 9.37 Å². The van der Waals surface area contributed by atoms with E-state index >= 15 is 0 Å². The first-order chi connectivity index (χ1) is 12.6. The largest absolute Gasteiger partial charge is 0.295 e. The number of amides is 1. The van der Waals surface area contributed by atoms with Crippen LogP contribution in [0, 0.1) is 5.82 Å². The Morgan fingerprint density at radius 3 is 2.65 bits per heavy atom. The van der Waals surface area contributed by atoms with E-state index in [2.05, 4.69) is 19.7 Å². The van der Waals surface area contributed by atoms with Crippen LogP contribution < -0.4 is 5.32 Å². The Morgan fingerprint density at radius 2 is 1.85 bits per heavy atom. The number of carbonyl (C=O) groups excluding carboxylic acids is 1. The number of fused-ring (bicyclic) bond motifs is 1. The molecule has 26 heavy (non-hydrogen) atoms. The predicted molar refractivity (Wildman–Crippen MR) is 100 cm³/mol. The Morgan fingerprint density at radius 1 is 1.08 bits per heavy atom. The molecule has 0 saturated carbocycles. The molecule has 1 amide bonds. The van der Waals surface area contributed by atoms with Gasteiger partial charge in [0.25, 0.3) is 5.91 Å². The van der Waals surface area contributed by atoms with Gasteiger partial charge in [0.1, 0.15) is 16.7 Å². The smallest absolute Gasteiger partial charge is 0.276 e. The highest BCUT2D eigenvalue weighted by molar-refractivity contribution is 7.10. The molecule has 0 spiro atoms. The van der Waals surface area contributed by atoms with Gasteiger partial charge in [0.2, 0.25) is 5.13 Å². The van der Waals surface area contributed by atoms with Crippen LogP contribution in [0.5, 0.6) is 0 Å². The molecular weight excluding hydrogens is 375 g/mol. The molecular formula is C18H10ClFN4OS. The summed E-state index contributed by atoms with van der Waals surface area (Å²) in [7, 11) is 0. The van der Waals surface area contributed by atoms with Crippen molar-refractivity contribution in [2.45, 2.75) is 0 Å². The van der Waals surface area contributed by atoms with E-state index in [1.165, 1.54) is 12.1 Å². The maximum atomic E-state index is 13.0. The van der Waals surface area contributed by atoms with Gasteiger partial charge in [-0.05, 0) is 35.7 Å². The number of halogens is 2. The van der Waals surface area contributed by atoms with Gasteiger partial charge in [0, 0.05) is 22.5 Å². The molecule has 2 aromatic heterocycles. The van der Waals surface area contributed by atoms with Crippen molar-refractivity contribution in [3.63, 3.8) is 0 Å². The molecule has 0 atom stereocenters. The highest BCUT2D eigenvalue weighted by Gasteiger charge is 2.14. The summed E-state index contributed by atoms with van der Waals surface area (Å²) in [6.07, 6.45) is 0. The van der Waals surface area contributed by atoms with Gasteiger partial charge < -0.3 is 0 Å². The normalized spacial score (nSPS) is 10.8. The van der Waals surface area contributed by atoms with Crippen LogP contribution in [-0.2, 0) is 0 Å². The first-order valence-corrected chi connectivity index (χ1v) is 8.71. The fourth-order valence-electron chi connectivity index (χ4n) is 2.42. The Hall–Kier alpha value is -2.90. The molecule has 5 nitrogen and oxygen atoms in total. The molecule has 0 saturated heterocycles. The predicted octanol–water partition coefficient (Wildman–Crippen LogP) is 4.80. The minimum atomic E-state index is -0.431. The van der Waals surface area contributed by atoms with Gasteiger partial charge in [-0.2, -0.15) is 9.36 Å². The SMILES string of the molecule is O=C(Nc1nc(-c2ccc(F)cc2)ns1)c1cc2ccccc2c(Cl)n1. The summed E-state index contributed by atoms with van der Waals surface area (Å²) in [6, 6.07) is 14.9. The third kappa shape index (κ3) is 3.26. The number of benzene rings is 2. The molecule has 4 rings (SSSR count). The van der Waals surface area contributed by atoms with E-state index in [4.69, 9.17) is 11.6 Å². The summed E-state index contributed by atoms with van der Waals surface area (Å²) in [5.74, 6) is -0.356. The number of nitrogens with one attached hydrogen (secondary N) is 1. The minimum Gasteiger partial charge on any atom is -0.295 e. The van der Waals surface area contributed by atoms with Crippen molar-refractivity contribution in [2.24, 2.45) is 0 Å². The molecule has 4 aromatic rings. The van der Waals surface area contributed by atoms with Crippen molar-refractivity contribution in [2.75, 3.05) is 5.32 Å². The average Bonchev–Trinajstić information content (AvgIpc) is 3.10. The lowest BCUT2D eigenvalue weighted by Gasteiger charge is -2.04. The fraction of sp³-hybridized carbons (Fsp3) is 0. The topological polar surface area (TPSA) is 67.8 Å². The number of hydrogen-bond donors (Lipinski definition) is 1. The molecule has 2 heterocycles. The van der Waals surface area contributed by atoms with Crippen LogP contribution >= 0.6 is 23.1 Å². The van der Waals surface area contributed by atoms with Crippen LogP contribution in [0.2, 0.25) is 5.15 Å². The Labute approximate surface area is 156 Å². The second kappa shape index (κ2) is 6.78. The van der Waals surface area contributed by atoms with E-state index in [9.17, 15) is 9.18 Å². The molecule has 0 fully saturated rings. The van der Waals surface area contributed by atoms with Gasteiger partial charge in [-0.15, -0.1) is 0 Å². The Balaban J connectivity index is 1.58. The number of anilines is 1. The van der Waals surface area contributed by atoms with Gasteiger partial charge in [-0.1, -0.05) is 35.9 Å². The molecule has 0 unspecified atom stereocenters. The summed E-state index contributed by atoms with van der Waals surface area (Å²) in [5.41, 5.74) is 0.849. The number of aromatic nitrogens is 3. The lowest BCUT2D eigenvalue weighted by Crippen LogP contribution is -2.13. The number of nitrogens with zero attached hydrogens (tertiary/aromatic N) is 3. The summed E-state index contributed by atoms with van der Waals surface area (Å²) in [6.45, 7) is 0. The van der Waals surface area contributed by atoms with Gasteiger partial charge in [0.05, 0.1) is 0 Å². The number of pyridine rings is 1. The molecule has 0 aliphatic heterocycles. The van der Waals surface area contributed by atoms with E-state index in [0.717, 1.165) is 22.3 Å². The lowest BCUT2D eigenvalue weighted by molar-refractivity contribution is 0.102. The third-order valence-corrected chi connectivity index (χ3v) is 4.59. The number of carbonyl (C=O) groups is 1. The number of rotatable bonds is 3. The van der Waals surface area contributed by atoms with Crippen LogP contribution in [0.25, 0.3) is 22.2 Å². The first kappa shape index (κ1) is 16.6. The van der Waals surface area contributed by atoms with Crippen molar-refractivity contribution in [1.82, 2.24) is 14.3 Å². The average molecular weight is 385 g/mol. The minimum absolute atomic E-state index is 0.187. The van der Waals surface area contributed by atoms with E-state index in [-0.39, 0.29) is 16.7 Å². The second-order valence-electron chi connectivity index (χ2n) is 5.40. The maximum Gasteiger partial charge on any atom is 0.276 e. The summed E-state index contributed by atoms with van der Waals surface area (Å²) in [4.78, 5) is 20.9. The molecule has 8 heteroatoms. The summed E-state index contributed by atoms with van der Waals surface area (Å²) < 4.78 is 17.2. The zero-order valence-electron chi connectivity index (χ0n) is 13.1. The van der Waals surface area contributed by atoms with E-state index in [0.29, 0.717) is 16.5 Å². The third-order valence-electron chi connectivity index (χ3n) is 3.68. The van der Waals surface area contributed by atoms with E-state index < -0.39 is 5.91 Å². The van der Waals surface area contributed by atoms with Gasteiger partial charge in [0.15, 0.2) is 5.82 Å². The maximum absolute atomic E-state index is 13.0. The first-order valence-electron chi connectivity index (χ1n) is 7.56. The number of hydrogen-bond acceptors (Lipinski definition) is 5. The van der Waals surface area contributed by atoms with Crippen LogP contribution in [0.15, 0.2) is 54.6 Å². The highest BCUT2D eigenvalue weighted by Crippen LogP contribution is 2.24. The van der Waals surface area contributed by atoms with Gasteiger partial charge >= 0.3 is 0 Å². The zero-order valence-corrected chi connectivity index (χ0v) is 14.7. The standard InChI is InChI=1S/C18H10ClFN4OS/c19-15-13-4-2-1-3-11(13)9-14(21-15)17(25)23-18-22-16(24-26-18)10-5-7-12(20)8-6-10/h1-9H,(H,22,23,24,25). The highest BCUT2D eigenvalue weighted by atomic mass is 35.5. The monoisotopic (exact) mass is 384 g/mol. The summed E-state index contributed by atoms with van der Waals surface area (Å²) in [5, 5.41) is 4.84. The van der Waals surface area contributed by atoms with Crippen LogP contribution in [0.4, 0.5) is 9.52 Å². The molecule has 0 radical (unpaired) electrons. The van der Waals surface area contributed by atoms with Crippen LogP contribution in [0.3, 0.4) is 0 Å². The van der Waals surface area contributed by atoms with Crippen molar-refractivity contribution in [1.29, 1.82) is 0 Å². The van der Waals surface area contributed by atoms with Crippen LogP contribution in [-0.4, -0.2) is 20.2 Å². The second-order valence-corrected chi connectivity index (χ2v) is 6.51. The molecule has 0 aliphatic carbocycles. The van der Waals surface area contributed by atoms with Crippen molar-refractivity contribution in [3.05, 3.63) is 71.3 Å². The molecule has 0 bridgehead atoms. The zero-order chi connectivity index (χ0) is 18.1. The van der Waals surface area contributed by atoms with E-state index in [1.807, 2.05) is 24.3 Å². The molecule has 0 aliphatic rings. The molecule has 128 valence electrons. The quantitative estimate of drug-likeness (QED) is 0.515.